The van der Waals surface area contributed by atoms with E-state index < -0.39 is 0 Å². The standard InChI is InChI=1S/C12H25N3O/c1-10(2)14-5-4-11(8-14)15-7-6-13(3)12(16)9-15/h10-12,16H,4-9H2,1-3H3. The van der Waals surface area contributed by atoms with Gasteiger partial charge in [0.2, 0.25) is 0 Å². The average molecular weight is 227 g/mol. The van der Waals surface area contributed by atoms with Crippen molar-refractivity contribution in [1.29, 1.82) is 0 Å². The van der Waals surface area contributed by atoms with Crippen LogP contribution < -0.4 is 0 Å². The van der Waals surface area contributed by atoms with Gasteiger partial charge in [-0.15, -0.1) is 0 Å². The van der Waals surface area contributed by atoms with E-state index in [0.29, 0.717) is 12.1 Å². The summed E-state index contributed by atoms with van der Waals surface area (Å²) in [6.45, 7) is 9.82. The van der Waals surface area contributed by atoms with Gasteiger partial charge in [0.25, 0.3) is 0 Å². The molecule has 2 rings (SSSR count). The SMILES string of the molecule is CC(C)N1CCC(N2CCN(C)C(O)C2)C1. The molecule has 0 amide bonds. The lowest BCUT2D eigenvalue weighted by molar-refractivity contribution is -0.0523. The fourth-order valence-corrected chi connectivity index (χ4v) is 2.74. The first-order valence-corrected chi connectivity index (χ1v) is 6.44. The molecule has 0 aromatic heterocycles. The van der Waals surface area contributed by atoms with Crippen molar-refractivity contribution >= 4 is 0 Å². The van der Waals surface area contributed by atoms with Crippen LogP contribution in [0.4, 0.5) is 0 Å². The van der Waals surface area contributed by atoms with Crippen molar-refractivity contribution in [3.8, 4) is 0 Å². The van der Waals surface area contributed by atoms with E-state index in [4.69, 9.17) is 0 Å². The first-order chi connectivity index (χ1) is 7.58. The fourth-order valence-electron chi connectivity index (χ4n) is 2.74. The molecule has 4 nitrogen and oxygen atoms in total. The highest BCUT2D eigenvalue weighted by atomic mass is 16.3. The van der Waals surface area contributed by atoms with Crippen LogP contribution >= 0.6 is 0 Å². The topological polar surface area (TPSA) is 30.0 Å². The van der Waals surface area contributed by atoms with Gasteiger partial charge in [-0.3, -0.25) is 14.7 Å². The molecule has 2 atom stereocenters. The Hall–Kier alpha value is -0.160. The fraction of sp³-hybridized carbons (Fsp3) is 1.00. The number of hydrogen-bond acceptors (Lipinski definition) is 4. The van der Waals surface area contributed by atoms with Gasteiger partial charge in [-0.1, -0.05) is 0 Å². The summed E-state index contributed by atoms with van der Waals surface area (Å²) in [5.41, 5.74) is 0. The molecule has 16 heavy (non-hydrogen) atoms. The molecular weight excluding hydrogens is 202 g/mol. The Morgan fingerprint density at radius 1 is 1.12 bits per heavy atom. The number of aliphatic hydroxyl groups is 1. The second-order valence-corrected chi connectivity index (χ2v) is 5.49. The minimum atomic E-state index is -0.276. The molecular formula is C12H25N3O. The van der Waals surface area contributed by atoms with Crippen LogP contribution in [0.2, 0.25) is 0 Å². The van der Waals surface area contributed by atoms with E-state index in [9.17, 15) is 5.11 Å². The van der Waals surface area contributed by atoms with E-state index in [-0.39, 0.29) is 6.23 Å². The van der Waals surface area contributed by atoms with Crippen LogP contribution in [0.3, 0.4) is 0 Å². The van der Waals surface area contributed by atoms with Gasteiger partial charge >= 0.3 is 0 Å². The van der Waals surface area contributed by atoms with Crippen LogP contribution in [0.1, 0.15) is 20.3 Å². The molecule has 0 aliphatic carbocycles. The summed E-state index contributed by atoms with van der Waals surface area (Å²) in [6, 6.07) is 1.31. The summed E-state index contributed by atoms with van der Waals surface area (Å²) < 4.78 is 0. The maximum absolute atomic E-state index is 9.85. The van der Waals surface area contributed by atoms with Crippen molar-refractivity contribution in [2.75, 3.05) is 39.8 Å². The molecule has 0 spiro atoms. The number of β-amino-alcohol motifs (C(OH)–C–C–N with tert-alkyl or cyclic N) is 1. The molecule has 1 N–H and O–H groups in total. The smallest absolute Gasteiger partial charge is 0.120 e. The minimum Gasteiger partial charge on any atom is -0.377 e. The predicted molar refractivity (Wildman–Crippen MR) is 65.3 cm³/mol. The number of piperazine rings is 1. The molecule has 4 heteroatoms. The van der Waals surface area contributed by atoms with E-state index in [0.717, 1.165) is 19.6 Å². The molecule has 2 fully saturated rings. The third-order valence-corrected chi connectivity index (χ3v) is 4.09. The predicted octanol–water partition coefficient (Wildman–Crippen LogP) is 0.0349. The Balaban J connectivity index is 1.85. The molecule has 2 aliphatic rings. The normalized spacial score (nSPS) is 35.1. The largest absolute Gasteiger partial charge is 0.377 e. The Labute approximate surface area is 98.8 Å². The highest BCUT2D eigenvalue weighted by Crippen LogP contribution is 2.20. The zero-order valence-electron chi connectivity index (χ0n) is 10.8. The number of aliphatic hydroxyl groups excluding tert-OH is 1. The zero-order chi connectivity index (χ0) is 11.7. The number of likely N-dealkylation sites (tertiary alicyclic amines) is 1. The van der Waals surface area contributed by atoms with E-state index in [2.05, 4.69) is 23.6 Å². The lowest BCUT2D eigenvalue weighted by atomic mass is 10.2. The number of nitrogens with zero attached hydrogens (tertiary/aromatic N) is 3. The minimum absolute atomic E-state index is 0.276. The van der Waals surface area contributed by atoms with Gasteiger partial charge in [-0.2, -0.15) is 0 Å². The lowest BCUT2D eigenvalue weighted by Gasteiger charge is -2.39. The number of likely N-dealkylation sites (N-methyl/N-ethyl adjacent to an activating group) is 1. The average Bonchev–Trinajstić information content (AvgIpc) is 2.71. The van der Waals surface area contributed by atoms with Crippen LogP contribution in [0.5, 0.6) is 0 Å². The van der Waals surface area contributed by atoms with Crippen LogP contribution in [0.15, 0.2) is 0 Å². The summed E-state index contributed by atoms with van der Waals surface area (Å²) >= 11 is 0. The third kappa shape index (κ3) is 2.56. The second-order valence-electron chi connectivity index (χ2n) is 5.49. The van der Waals surface area contributed by atoms with Gasteiger partial charge in [0.15, 0.2) is 0 Å². The maximum Gasteiger partial charge on any atom is 0.120 e. The Morgan fingerprint density at radius 2 is 1.88 bits per heavy atom. The van der Waals surface area contributed by atoms with Gasteiger partial charge in [-0.25, -0.2) is 0 Å². The van der Waals surface area contributed by atoms with E-state index in [1.807, 2.05) is 11.9 Å². The molecule has 2 saturated heterocycles. The molecule has 2 unspecified atom stereocenters. The Bertz CT molecular complexity index is 234. The van der Waals surface area contributed by atoms with Gasteiger partial charge in [0.05, 0.1) is 0 Å². The highest BCUT2D eigenvalue weighted by Gasteiger charge is 2.32. The molecule has 0 saturated carbocycles. The number of rotatable bonds is 2. The molecule has 2 aliphatic heterocycles. The molecule has 0 aromatic carbocycles. The summed E-state index contributed by atoms with van der Waals surface area (Å²) in [5, 5.41) is 9.85. The van der Waals surface area contributed by atoms with Gasteiger partial charge in [0, 0.05) is 44.8 Å². The van der Waals surface area contributed by atoms with Crippen LogP contribution in [0.25, 0.3) is 0 Å². The van der Waals surface area contributed by atoms with Crippen LogP contribution in [-0.2, 0) is 0 Å². The third-order valence-electron chi connectivity index (χ3n) is 4.09. The second kappa shape index (κ2) is 5.00. The monoisotopic (exact) mass is 227 g/mol. The molecule has 2 heterocycles. The van der Waals surface area contributed by atoms with E-state index >= 15 is 0 Å². The summed E-state index contributed by atoms with van der Waals surface area (Å²) in [5.74, 6) is 0. The van der Waals surface area contributed by atoms with Crippen LogP contribution in [0, 0.1) is 0 Å². The molecule has 0 bridgehead atoms. The molecule has 94 valence electrons. The quantitative estimate of drug-likeness (QED) is 0.721. The van der Waals surface area contributed by atoms with Gasteiger partial charge in [-0.05, 0) is 27.3 Å². The molecule has 0 radical (unpaired) electrons. The van der Waals surface area contributed by atoms with Crippen molar-refractivity contribution in [1.82, 2.24) is 14.7 Å². The first-order valence-electron chi connectivity index (χ1n) is 6.44. The number of hydrogen-bond donors (Lipinski definition) is 1. The summed E-state index contributed by atoms with van der Waals surface area (Å²) in [4.78, 5) is 7.04. The van der Waals surface area contributed by atoms with E-state index in [1.54, 1.807) is 0 Å². The van der Waals surface area contributed by atoms with Crippen molar-refractivity contribution < 1.29 is 5.11 Å². The maximum atomic E-state index is 9.85. The van der Waals surface area contributed by atoms with Crippen molar-refractivity contribution in [3.63, 3.8) is 0 Å². The summed E-state index contributed by atoms with van der Waals surface area (Å²) in [6.07, 6.45) is 0.982. The van der Waals surface area contributed by atoms with Crippen molar-refractivity contribution in [2.24, 2.45) is 0 Å². The first kappa shape index (κ1) is 12.3. The zero-order valence-corrected chi connectivity index (χ0v) is 10.8. The lowest BCUT2D eigenvalue weighted by Crippen LogP contribution is -2.55. The van der Waals surface area contributed by atoms with Crippen molar-refractivity contribution in [2.45, 2.75) is 38.6 Å². The Morgan fingerprint density at radius 3 is 2.44 bits per heavy atom. The Kier molecular flexibility index (Phi) is 3.85. The highest BCUT2D eigenvalue weighted by molar-refractivity contribution is 4.87. The van der Waals surface area contributed by atoms with E-state index in [1.165, 1.54) is 19.5 Å². The van der Waals surface area contributed by atoms with Gasteiger partial charge < -0.3 is 5.11 Å². The van der Waals surface area contributed by atoms with Crippen LogP contribution in [-0.4, -0.2) is 77.9 Å². The van der Waals surface area contributed by atoms with Crippen molar-refractivity contribution in [3.05, 3.63) is 0 Å². The van der Waals surface area contributed by atoms with Gasteiger partial charge in [0.1, 0.15) is 6.23 Å². The molecule has 0 aromatic rings. The summed E-state index contributed by atoms with van der Waals surface area (Å²) in [7, 11) is 2.00.